The van der Waals surface area contributed by atoms with Crippen LogP contribution in [0.2, 0.25) is 0 Å². The van der Waals surface area contributed by atoms with Crippen LogP contribution < -0.4 is 5.73 Å². The van der Waals surface area contributed by atoms with E-state index < -0.39 is 23.5 Å². The number of ether oxygens (including phenoxy) is 1. The van der Waals surface area contributed by atoms with Crippen molar-refractivity contribution >= 4 is 23.0 Å². The first-order valence-electron chi connectivity index (χ1n) is 8.15. The summed E-state index contributed by atoms with van der Waals surface area (Å²) in [7, 11) is 0. The number of halogens is 1. The van der Waals surface area contributed by atoms with Crippen LogP contribution in [-0.2, 0) is 10.3 Å². The molecule has 6 nitrogen and oxygen atoms in total. The van der Waals surface area contributed by atoms with Gasteiger partial charge in [-0.15, -0.1) is 0 Å². The molecule has 7 heteroatoms. The van der Waals surface area contributed by atoms with Crippen LogP contribution >= 0.6 is 0 Å². The Bertz CT molecular complexity index is 1040. The Morgan fingerprint density at radius 3 is 2.37 bits per heavy atom. The molecule has 0 atom stereocenters. The van der Waals surface area contributed by atoms with Gasteiger partial charge in [-0.1, -0.05) is 0 Å². The third-order valence-corrected chi connectivity index (χ3v) is 4.20. The number of nitrogens with two attached hydrogens (primary N) is 1. The zero-order valence-electron chi connectivity index (χ0n) is 15.0. The van der Waals surface area contributed by atoms with E-state index in [1.54, 1.807) is 32.9 Å². The predicted molar refractivity (Wildman–Crippen MR) is 96.6 cm³/mol. The smallest absolute Gasteiger partial charge is 0.412 e. The van der Waals surface area contributed by atoms with Gasteiger partial charge in [0.1, 0.15) is 22.7 Å². The molecule has 0 saturated heterocycles. The molecule has 0 unspecified atom stereocenters. The average Bonchev–Trinajstić information content (AvgIpc) is 2.91. The fraction of sp³-hybridized carbons (Fsp3) is 0.200. The second-order valence-corrected chi connectivity index (χ2v) is 6.74. The summed E-state index contributed by atoms with van der Waals surface area (Å²) in [5, 5.41) is 10.7. The lowest BCUT2D eigenvalue weighted by Crippen LogP contribution is -2.19. The van der Waals surface area contributed by atoms with Crippen LogP contribution in [0.15, 0.2) is 40.8 Å². The summed E-state index contributed by atoms with van der Waals surface area (Å²) in [6.45, 7) is 5.04. The summed E-state index contributed by atoms with van der Waals surface area (Å²) in [5.74, 6) is -1.31. The molecule has 0 bridgehead atoms. The highest BCUT2D eigenvalue weighted by atomic mass is 19.1. The van der Waals surface area contributed by atoms with Gasteiger partial charge in [0.05, 0.1) is 5.60 Å². The molecular formula is C20H18FNO5. The largest absolute Gasteiger partial charge is 0.455 e. The van der Waals surface area contributed by atoms with E-state index in [-0.39, 0.29) is 11.3 Å². The quantitative estimate of drug-likeness (QED) is 0.535. The minimum absolute atomic E-state index is 0.000745. The number of fused-ring (bicyclic) bond motifs is 1. The highest BCUT2D eigenvalue weighted by molar-refractivity contribution is 6.11. The summed E-state index contributed by atoms with van der Waals surface area (Å²) in [5.41, 5.74) is 5.91. The summed E-state index contributed by atoms with van der Waals surface area (Å²) < 4.78 is 23.6. The number of carbonyl (C=O) groups excluding carboxylic acids is 2. The highest BCUT2D eigenvalue weighted by Gasteiger charge is 2.27. The lowest BCUT2D eigenvalue weighted by Gasteiger charge is -2.20. The van der Waals surface area contributed by atoms with E-state index in [1.807, 2.05) is 0 Å². The first-order valence-corrected chi connectivity index (χ1v) is 8.15. The van der Waals surface area contributed by atoms with E-state index in [4.69, 9.17) is 10.2 Å². The number of aliphatic hydroxyl groups is 1. The molecule has 3 rings (SSSR count). The maximum Gasteiger partial charge on any atom is 0.412 e. The third-order valence-electron chi connectivity index (χ3n) is 4.20. The van der Waals surface area contributed by atoms with E-state index >= 15 is 0 Å². The lowest BCUT2D eigenvalue weighted by atomic mass is 9.92. The second kappa shape index (κ2) is 6.51. The van der Waals surface area contributed by atoms with Gasteiger partial charge in [-0.3, -0.25) is 0 Å². The minimum atomic E-state index is -1.25. The fourth-order valence-corrected chi connectivity index (χ4v) is 3.06. The number of primary amides is 1. The van der Waals surface area contributed by atoms with Gasteiger partial charge < -0.3 is 20.0 Å². The maximum atomic E-state index is 13.3. The molecule has 0 aliphatic rings. The van der Waals surface area contributed by atoms with E-state index in [0.29, 0.717) is 22.1 Å². The number of amides is 1. The Kier molecular flexibility index (Phi) is 4.49. The Morgan fingerprint density at radius 1 is 1.19 bits per heavy atom. The lowest BCUT2D eigenvalue weighted by molar-refractivity contribution is 0.0640. The van der Waals surface area contributed by atoms with Gasteiger partial charge in [0.15, 0.2) is 0 Å². The minimum Gasteiger partial charge on any atom is -0.455 e. The van der Waals surface area contributed by atoms with Gasteiger partial charge in [0.25, 0.3) is 0 Å². The molecule has 3 aromatic rings. The zero-order valence-corrected chi connectivity index (χ0v) is 15.0. The third kappa shape index (κ3) is 3.54. The van der Waals surface area contributed by atoms with Crippen LogP contribution in [0, 0.1) is 12.7 Å². The molecule has 1 heterocycles. The van der Waals surface area contributed by atoms with Crippen molar-refractivity contribution in [3.05, 3.63) is 58.9 Å². The van der Waals surface area contributed by atoms with Crippen LogP contribution in [0.1, 0.15) is 35.3 Å². The molecule has 0 fully saturated rings. The van der Waals surface area contributed by atoms with Crippen molar-refractivity contribution in [2.24, 2.45) is 5.73 Å². The Morgan fingerprint density at radius 2 is 1.81 bits per heavy atom. The van der Waals surface area contributed by atoms with Crippen LogP contribution in [0.5, 0.6) is 0 Å². The molecule has 140 valence electrons. The number of benzene rings is 2. The summed E-state index contributed by atoms with van der Waals surface area (Å²) in [4.78, 5) is 23.5. The van der Waals surface area contributed by atoms with Crippen molar-refractivity contribution < 1.29 is 28.2 Å². The number of furan rings is 1. The standard InChI is InChI=1S/C20H18FNO5/c1-10-8-13-15(9-14(10)20(2,3)25)26-17(11-4-6-12(21)7-5-11)16(13)18(23)27-19(22)24/h4-9,25H,1-3H3,(H2,22,24). The number of hydrogen-bond donors (Lipinski definition) is 2. The predicted octanol–water partition coefficient (Wildman–Crippen LogP) is 4.01. The van der Waals surface area contributed by atoms with E-state index in [2.05, 4.69) is 4.74 Å². The summed E-state index contributed by atoms with van der Waals surface area (Å²) in [6.07, 6.45) is -1.25. The molecule has 27 heavy (non-hydrogen) atoms. The topological polar surface area (TPSA) is 103 Å². The number of carbonyl (C=O) groups is 2. The average molecular weight is 371 g/mol. The number of aryl methyl sites for hydroxylation is 1. The van der Waals surface area contributed by atoms with Gasteiger partial charge in [-0.05, 0) is 68.3 Å². The van der Waals surface area contributed by atoms with Gasteiger partial charge in [0, 0.05) is 10.9 Å². The van der Waals surface area contributed by atoms with Crippen LogP contribution in [0.4, 0.5) is 9.18 Å². The van der Waals surface area contributed by atoms with Gasteiger partial charge in [-0.2, -0.15) is 0 Å². The van der Waals surface area contributed by atoms with Crippen molar-refractivity contribution in [3.63, 3.8) is 0 Å². The molecule has 0 radical (unpaired) electrons. The number of rotatable bonds is 3. The molecule has 3 N–H and O–H groups in total. The molecule has 0 saturated carbocycles. The summed E-state index contributed by atoms with van der Waals surface area (Å²) >= 11 is 0. The van der Waals surface area contributed by atoms with Crippen LogP contribution in [-0.4, -0.2) is 17.2 Å². The van der Waals surface area contributed by atoms with E-state index in [9.17, 15) is 19.1 Å². The van der Waals surface area contributed by atoms with Crippen molar-refractivity contribution in [3.8, 4) is 11.3 Å². The normalized spacial score (nSPS) is 11.6. The van der Waals surface area contributed by atoms with Gasteiger partial charge in [0.2, 0.25) is 0 Å². The molecule has 0 spiro atoms. The van der Waals surface area contributed by atoms with Gasteiger partial charge >= 0.3 is 12.1 Å². The SMILES string of the molecule is Cc1cc2c(C(=O)OC(N)=O)c(-c3ccc(F)cc3)oc2cc1C(C)(C)O. The van der Waals surface area contributed by atoms with Gasteiger partial charge in [-0.25, -0.2) is 14.0 Å². The monoisotopic (exact) mass is 371 g/mol. The maximum absolute atomic E-state index is 13.3. The van der Waals surface area contributed by atoms with E-state index in [1.165, 1.54) is 24.3 Å². The molecular weight excluding hydrogens is 353 g/mol. The number of esters is 1. The fourth-order valence-electron chi connectivity index (χ4n) is 3.06. The Balaban J connectivity index is 2.31. The van der Waals surface area contributed by atoms with E-state index in [0.717, 1.165) is 5.56 Å². The van der Waals surface area contributed by atoms with Crippen LogP contribution in [0.3, 0.4) is 0 Å². The Hall–Kier alpha value is -3.19. The molecule has 0 aliphatic heterocycles. The number of hydrogen-bond acceptors (Lipinski definition) is 5. The van der Waals surface area contributed by atoms with Crippen LogP contribution in [0.25, 0.3) is 22.3 Å². The van der Waals surface area contributed by atoms with Crippen molar-refractivity contribution in [1.29, 1.82) is 0 Å². The van der Waals surface area contributed by atoms with Crippen molar-refractivity contribution in [2.75, 3.05) is 0 Å². The molecule has 2 aromatic carbocycles. The Labute approximate surface area is 154 Å². The first kappa shape index (κ1) is 18.6. The molecule has 1 amide bonds. The van der Waals surface area contributed by atoms with Crippen molar-refractivity contribution in [2.45, 2.75) is 26.4 Å². The molecule has 0 aliphatic carbocycles. The summed E-state index contributed by atoms with van der Waals surface area (Å²) in [6, 6.07) is 8.61. The second-order valence-electron chi connectivity index (χ2n) is 6.74. The first-order chi connectivity index (χ1) is 12.6. The van der Waals surface area contributed by atoms with Crippen molar-refractivity contribution in [1.82, 2.24) is 0 Å². The molecule has 1 aromatic heterocycles. The zero-order chi connectivity index (χ0) is 19.9. The highest BCUT2D eigenvalue weighted by Crippen LogP contribution is 2.37.